The molecule has 20 aromatic rings. The Hall–Kier alpha value is -16.4. The van der Waals surface area contributed by atoms with Gasteiger partial charge in [0.15, 0.2) is 0 Å². The van der Waals surface area contributed by atoms with E-state index in [0.717, 1.165) is 202 Å². The third-order valence-corrected chi connectivity index (χ3v) is 21.3. The smallest absolute Gasteiger partial charge is 0.0886 e. The van der Waals surface area contributed by atoms with Crippen LogP contribution in [0.25, 0.3) is 202 Å². The van der Waals surface area contributed by atoms with Gasteiger partial charge in [0.2, 0.25) is 0 Å². The molecular formula is C108H72N12. The summed E-state index contributed by atoms with van der Waals surface area (Å²) in [4.78, 5) is 55.2. The van der Waals surface area contributed by atoms with Gasteiger partial charge < -0.3 is 0 Å². The summed E-state index contributed by atoms with van der Waals surface area (Å²) in [5, 5.41) is 0. The van der Waals surface area contributed by atoms with Gasteiger partial charge in [-0.3, -0.25) is 44.9 Å². The van der Waals surface area contributed by atoms with Crippen LogP contribution in [0.3, 0.4) is 0 Å². The molecule has 0 atom stereocenters. The Morgan fingerprint density at radius 2 is 0.308 bits per heavy atom. The van der Waals surface area contributed by atoms with E-state index in [1.807, 2.05) is 183 Å². The zero-order chi connectivity index (χ0) is 80.2. The van der Waals surface area contributed by atoms with Crippen molar-refractivity contribution in [1.29, 1.82) is 0 Å². The van der Waals surface area contributed by atoms with Crippen LogP contribution in [0, 0.1) is 0 Å². The van der Waals surface area contributed by atoms with Crippen LogP contribution >= 0.6 is 0 Å². The van der Waals surface area contributed by atoms with Gasteiger partial charge in [0.25, 0.3) is 0 Å². The number of rotatable bonds is 18. The Morgan fingerprint density at radius 3 is 0.508 bits per heavy atom. The van der Waals surface area contributed by atoms with Crippen LogP contribution in [-0.2, 0) is 0 Å². The minimum absolute atomic E-state index is 0.853. The van der Waals surface area contributed by atoms with Gasteiger partial charge in [0, 0.05) is 124 Å². The van der Waals surface area contributed by atoms with Crippen molar-refractivity contribution in [3.63, 3.8) is 0 Å². The Balaban J connectivity index is 0.000000159. The van der Waals surface area contributed by atoms with E-state index >= 15 is 0 Å². The van der Waals surface area contributed by atoms with Crippen molar-refractivity contribution >= 4 is 0 Å². The zero-order valence-electron chi connectivity index (χ0n) is 64.9. The fourth-order valence-electron chi connectivity index (χ4n) is 14.8. The maximum atomic E-state index is 4.97. The molecule has 12 heteroatoms. The number of hydrogen-bond acceptors (Lipinski definition) is 12. The highest BCUT2D eigenvalue weighted by Gasteiger charge is 2.16. The molecule has 0 amide bonds. The third kappa shape index (κ3) is 16.8. The average molecular weight is 1540 g/mol. The predicted octanol–water partition coefficient (Wildman–Crippen LogP) is 26.1. The van der Waals surface area contributed by atoms with Crippen LogP contribution in [0.1, 0.15) is 0 Å². The highest BCUT2D eigenvalue weighted by molar-refractivity contribution is 5.87. The van der Waals surface area contributed by atoms with Crippen LogP contribution in [-0.4, -0.2) is 59.8 Å². The summed E-state index contributed by atoms with van der Waals surface area (Å²) in [6.07, 6.45) is 22.0. The number of aromatic nitrogens is 12. The molecule has 12 heterocycles. The molecule has 20 rings (SSSR count). The Morgan fingerprint density at radius 1 is 0.108 bits per heavy atom. The first-order chi connectivity index (χ1) is 59.4. The topological polar surface area (TPSA) is 155 Å². The SMILES string of the molecule is c1ccc(-c2ccc(-c3ccc(-c4cc(-c5ccc(-c6ccc(-c7ccccn7)nc6)cc5)cc(-c5ccc(-c6ccc(-c7ccccn7)nc6)cc5)c4)cc3)cn2)nc1.c1cncc(-c2cccc(-c3ccc(-c4cc(-c5ccc(-c6cccc(-c7cccnc7)n6)cc5)cc(-c5ccc(-c6cccc(-c7cccnc7)n6)cc5)c4)cc3)n2)c1. The van der Waals surface area contributed by atoms with Crippen molar-refractivity contribution in [3.05, 3.63) is 438 Å². The lowest BCUT2D eigenvalue weighted by molar-refractivity contribution is 1.25. The van der Waals surface area contributed by atoms with Crippen molar-refractivity contribution in [3.8, 4) is 202 Å². The summed E-state index contributed by atoms with van der Waals surface area (Å²) in [6.45, 7) is 0. The maximum Gasteiger partial charge on any atom is 0.0886 e. The van der Waals surface area contributed by atoms with Gasteiger partial charge in [0.1, 0.15) is 0 Å². The maximum absolute atomic E-state index is 4.97. The van der Waals surface area contributed by atoms with Gasteiger partial charge in [0.05, 0.1) is 68.3 Å². The molecular weight excluding hydrogens is 1470 g/mol. The van der Waals surface area contributed by atoms with E-state index in [1.54, 1.807) is 37.2 Å². The van der Waals surface area contributed by atoms with Crippen molar-refractivity contribution in [2.24, 2.45) is 0 Å². The quantitative estimate of drug-likeness (QED) is 0.0803. The first-order valence-corrected chi connectivity index (χ1v) is 39.6. The second-order valence-corrected chi connectivity index (χ2v) is 29.0. The fraction of sp³-hybridized carbons (Fsp3) is 0. The highest BCUT2D eigenvalue weighted by atomic mass is 14.8. The molecule has 0 aliphatic carbocycles. The number of hydrogen-bond donors (Lipinski definition) is 0. The van der Waals surface area contributed by atoms with Crippen molar-refractivity contribution in [2.45, 2.75) is 0 Å². The van der Waals surface area contributed by atoms with E-state index in [2.05, 4.69) is 248 Å². The Bertz CT molecular complexity index is 6190. The molecule has 12 nitrogen and oxygen atoms in total. The summed E-state index contributed by atoms with van der Waals surface area (Å²) in [5.74, 6) is 0. The highest BCUT2D eigenvalue weighted by Crippen LogP contribution is 2.40. The molecule has 0 aliphatic heterocycles. The molecule has 12 aromatic heterocycles. The minimum atomic E-state index is 0.853. The van der Waals surface area contributed by atoms with Crippen LogP contribution in [0.5, 0.6) is 0 Å². The van der Waals surface area contributed by atoms with Gasteiger partial charge >= 0.3 is 0 Å². The minimum Gasteiger partial charge on any atom is -0.264 e. The van der Waals surface area contributed by atoms with E-state index in [9.17, 15) is 0 Å². The molecule has 0 spiro atoms. The second-order valence-electron chi connectivity index (χ2n) is 29.0. The number of pyridine rings is 12. The second kappa shape index (κ2) is 34.3. The summed E-state index contributed by atoms with van der Waals surface area (Å²) in [5.41, 5.74) is 36.7. The molecule has 564 valence electrons. The zero-order valence-corrected chi connectivity index (χ0v) is 64.9. The first-order valence-electron chi connectivity index (χ1n) is 39.6. The standard InChI is InChI=1S/2C54H36N6/c1-10-49(58-52(13-1)43-7-4-28-55-34-43)40-22-16-37(17-23-40)46-31-47(38-18-24-41(25-19-38)50-11-2-14-53(59-50)44-8-5-29-56-35-44)33-48(32-46)39-20-26-42(27-21-39)51-12-3-15-54(60-51)45-9-6-30-57-36-45;1-4-28-55-49(7-1)52-25-22-43(34-58-52)37-10-16-40(17-11-37)46-31-47(41-18-12-38(13-19-41)44-23-26-53(59-35-44)50-8-2-5-29-56-50)33-48(32-46)42-20-14-39(15-21-42)45-24-27-54(60-36-45)51-9-3-6-30-57-51/h2*1-36H. The molecule has 0 saturated heterocycles. The van der Waals surface area contributed by atoms with Gasteiger partial charge in [-0.1, -0.05) is 200 Å². The third-order valence-electron chi connectivity index (χ3n) is 21.3. The van der Waals surface area contributed by atoms with Crippen LogP contribution < -0.4 is 0 Å². The van der Waals surface area contributed by atoms with Gasteiger partial charge in [-0.15, -0.1) is 0 Å². The van der Waals surface area contributed by atoms with Crippen LogP contribution in [0.2, 0.25) is 0 Å². The molecule has 0 fully saturated rings. The lowest BCUT2D eigenvalue weighted by Crippen LogP contribution is -1.90. The Kier molecular flexibility index (Phi) is 21.1. The molecule has 0 N–H and O–H groups in total. The molecule has 8 aromatic carbocycles. The van der Waals surface area contributed by atoms with E-state index < -0.39 is 0 Å². The molecule has 0 radical (unpaired) electrons. The lowest BCUT2D eigenvalue weighted by atomic mass is 9.91. The van der Waals surface area contributed by atoms with Gasteiger partial charge in [-0.2, -0.15) is 0 Å². The molecule has 0 bridgehead atoms. The van der Waals surface area contributed by atoms with Crippen molar-refractivity contribution < 1.29 is 0 Å². The lowest BCUT2D eigenvalue weighted by Gasteiger charge is -2.13. The summed E-state index contributed by atoms with van der Waals surface area (Å²) in [6, 6.07) is 126. The summed E-state index contributed by atoms with van der Waals surface area (Å²) in [7, 11) is 0. The summed E-state index contributed by atoms with van der Waals surface area (Å²) >= 11 is 0. The molecule has 0 aliphatic rings. The van der Waals surface area contributed by atoms with E-state index in [0.29, 0.717) is 0 Å². The number of nitrogens with zero attached hydrogens (tertiary/aromatic N) is 12. The summed E-state index contributed by atoms with van der Waals surface area (Å²) < 4.78 is 0. The molecule has 0 unspecified atom stereocenters. The van der Waals surface area contributed by atoms with E-state index in [-0.39, 0.29) is 0 Å². The van der Waals surface area contributed by atoms with Crippen LogP contribution in [0.15, 0.2) is 438 Å². The first kappa shape index (κ1) is 73.7. The predicted molar refractivity (Wildman–Crippen MR) is 484 cm³/mol. The normalized spacial score (nSPS) is 11.0. The van der Waals surface area contributed by atoms with Crippen molar-refractivity contribution in [1.82, 2.24) is 59.8 Å². The fourth-order valence-corrected chi connectivity index (χ4v) is 14.8. The van der Waals surface area contributed by atoms with Gasteiger partial charge in [-0.05, 0) is 247 Å². The van der Waals surface area contributed by atoms with Crippen molar-refractivity contribution in [2.75, 3.05) is 0 Å². The molecule has 0 saturated carbocycles. The largest absolute Gasteiger partial charge is 0.264 e. The molecule has 120 heavy (non-hydrogen) atoms. The Labute approximate surface area is 695 Å². The van der Waals surface area contributed by atoms with E-state index in [4.69, 9.17) is 29.9 Å². The van der Waals surface area contributed by atoms with Gasteiger partial charge in [-0.25, -0.2) is 15.0 Å². The monoisotopic (exact) mass is 1540 g/mol. The van der Waals surface area contributed by atoms with Crippen LogP contribution in [0.4, 0.5) is 0 Å². The average Bonchev–Trinajstić information content (AvgIpc) is 0.787. The number of benzene rings is 8. The van der Waals surface area contributed by atoms with E-state index in [1.165, 1.54) is 0 Å².